The van der Waals surface area contributed by atoms with Gasteiger partial charge >= 0.3 is 5.97 Å². The van der Waals surface area contributed by atoms with Gasteiger partial charge in [0.05, 0.1) is 12.6 Å². The van der Waals surface area contributed by atoms with Gasteiger partial charge in [-0.05, 0) is 24.1 Å². The number of carboxylic acids is 1. The molecule has 1 amide bonds. The summed E-state index contributed by atoms with van der Waals surface area (Å²) in [6, 6.07) is 4.25. The van der Waals surface area contributed by atoms with Crippen molar-refractivity contribution in [2.24, 2.45) is 5.92 Å². The van der Waals surface area contributed by atoms with Crippen LogP contribution in [-0.4, -0.2) is 35.6 Å². The van der Waals surface area contributed by atoms with Gasteiger partial charge in [-0.3, -0.25) is 9.59 Å². The smallest absolute Gasteiger partial charge is 0.303 e. The number of amides is 1. The molecular formula is C15H17FN2O4. The van der Waals surface area contributed by atoms with Gasteiger partial charge in [0, 0.05) is 18.4 Å². The molecular weight excluding hydrogens is 291 g/mol. The van der Waals surface area contributed by atoms with E-state index in [2.05, 4.69) is 10.3 Å². The Morgan fingerprint density at radius 3 is 2.82 bits per heavy atom. The molecule has 1 atom stereocenters. The van der Waals surface area contributed by atoms with Crippen LogP contribution in [0.5, 0.6) is 5.75 Å². The zero-order valence-electron chi connectivity index (χ0n) is 12.3. The number of carbonyl (C=O) groups is 2. The molecule has 2 aromatic rings. The highest BCUT2D eigenvalue weighted by molar-refractivity contribution is 5.99. The van der Waals surface area contributed by atoms with E-state index < -0.39 is 17.7 Å². The number of hydrogen-bond donors (Lipinski definition) is 3. The summed E-state index contributed by atoms with van der Waals surface area (Å²) in [7, 11) is 1.47. The molecule has 0 saturated carbocycles. The fourth-order valence-electron chi connectivity index (χ4n) is 2.19. The molecule has 0 bridgehead atoms. The number of rotatable bonds is 6. The molecule has 6 nitrogen and oxygen atoms in total. The maximum atomic E-state index is 13.8. The molecule has 1 unspecified atom stereocenters. The molecule has 0 spiro atoms. The Hall–Kier alpha value is -2.57. The van der Waals surface area contributed by atoms with Gasteiger partial charge in [-0.15, -0.1) is 0 Å². The van der Waals surface area contributed by atoms with Crippen LogP contribution in [0.2, 0.25) is 0 Å². The highest BCUT2D eigenvalue weighted by atomic mass is 19.1. The number of carboxylic acid groups (broad SMARTS) is 1. The number of H-pyrrole nitrogens is 1. The van der Waals surface area contributed by atoms with Crippen LogP contribution in [0.25, 0.3) is 10.9 Å². The lowest BCUT2D eigenvalue weighted by Gasteiger charge is -2.09. The number of ether oxygens (including phenoxy) is 1. The second-order valence-corrected chi connectivity index (χ2v) is 5.13. The monoisotopic (exact) mass is 308 g/mol. The first-order chi connectivity index (χ1) is 10.4. The summed E-state index contributed by atoms with van der Waals surface area (Å²) < 4.78 is 18.9. The predicted molar refractivity (Wildman–Crippen MR) is 78.6 cm³/mol. The van der Waals surface area contributed by atoms with E-state index in [0.717, 1.165) is 0 Å². The summed E-state index contributed by atoms with van der Waals surface area (Å²) in [5, 5.41) is 11.8. The number of fused-ring (bicyclic) bond motifs is 1. The molecule has 0 saturated heterocycles. The summed E-state index contributed by atoms with van der Waals surface area (Å²) >= 11 is 0. The number of hydrogen-bond acceptors (Lipinski definition) is 3. The minimum absolute atomic E-state index is 0.0323. The Morgan fingerprint density at radius 1 is 1.45 bits per heavy atom. The quantitative estimate of drug-likeness (QED) is 0.762. The van der Waals surface area contributed by atoms with Crippen LogP contribution in [0, 0.1) is 11.7 Å². The molecule has 0 aliphatic rings. The molecule has 3 N–H and O–H groups in total. The van der Waals surface area contributed by atoms with Gasteiger partial charge in [-0.25, -0.2) is 4.39 Å². The van der Waals surface area contributed by atoms with Crippen molar-refractivity contribution in [1.82, 2.24) is 10.3 Å². The normalized spacial score (nSPS) is 12.1. The third-order valence-electron chi connectivity index (χ3n) is 3.30. The molecule has 2 rings (SSSR count). The predicted octanol–water partition coefficient (Wildman–Crippen LogP) is 2.16. The number of halogens is 1. The van der Waals surface area contributed by atoms with Crippen molar-refractivity contribution >= 4 is 22.8 Å². The zero-order valence-corrected chi connectivity index (χ0v) is 12.3. The highest BCUT2D eigenvalue weighted by Crippen LogP contribution is 2.28. The SMILES string of the molecule is COc1ccc(F)c2[nH]c(C(=O)NCC(C)CC(=O)O)cc12. The molecule has 7 heteroatoms. The van der Waals surface area contributed by atoms with Crippen LogP contribution < -0.4 is 10.1 Å². The third kappa shape index (κ3) is 3.36. The molecule has 0 radical (unpaired) electrons. The standard InChI is InChI=1S/C15H17FN2O4/c1-8(5-13(19)20)7-17-15(21)11-6-9-12(22-2)4-3-10(16)14(9)18-11/h3-4,6,8,18H,5,7H2,1-2H3,(H,17,21)(H,19,20). The van der Waals surface area contributed by atoms with E-state index >= 15 is 0 Å². The Bertz CT molecular complexity index is 711. The van der Waals surface area contributed by atoms with Crippen LogP contribution in [-0.2, 0) is 4.79 Å². The fourth-order valence-corrected chi connectivity index (χ4v) is 2.19. The summed E-state index contributed by atoms with van der Waals surface area (Å²) in [5.74, 6) is -1.55. The van der Waals surface area contributed by atoms with Crippen LogP contribution in [0.3, 0.4) is 0 Å². The average molecular weight is 308 g/mol. The lowest BCUT2D eigenvalue weighted by molar-refractivity contribution is -0.137. The maximum Gasteiger partial charge on any atom is 0.303 e. The molecule has 0 aliphatic carbocycles. The highest BCUT2D eigenvalue weighted by Gasteiger charge is 2.16. The Kier molecular flexibility index (Phi) is 4.65. The van der Waals surface area contributed by atoms with Gasteiger partial charge in [0.2, 0.25) is 0 Å². The van der Waals surface area contributed by atoms with E-state index in [-0.39, 0.29) is 30.1 Å². The van der Waals surface area contributed by atoms with Gasteiger partial charge < -0.3 is 20.1 Å². The molecule has 1 aromatic carbocycles. The van der Waals surface area contributed by atoms with Gasteiger partial charge in [-0.1, -0.05) is 6.92 Å². The molecule has 118 valence electrons. The topological polar surface area (TPSA) is 91.4 Å². The number of aliphatic carboxylic acids is 1. The van der Waals surface area contributed by atoms with E-state index in [4.69, 9.17) is 9.84 Å². The fraction of sp³-hybridized carbons (Fsp3) is 0.333. The largest absolute Gasteiger partial charge is 0.496 e. The first kappa shape index (κ1) is 15.8. The van der Waals surface area contributed by atoms with Crippen LogP contribution in [0.1, 0.15) is 23.8 Å². The minimum Gasteiger partial charge on any atom is -0.496 e. The molecule has 0 fully saturated rings. The first-order valence-corrected chi connectivity index (χ1v) is 6.77. The number of nitrogens with one attached hydrogen (secondary N) is 2. The molecule has 1 aromatic heterocycles. The van der Waals surface area contributed by atoms with Gasteiger partial charge in [0.1, 0.15) is 17.3 Å². The summed E-state index contributed by atoms with van der Waals surface area (Å²) in [5.41, 5.74) is 0.393. The summed E-state index contributed by atoms with van der Waals surface area (Å²) in [4.78, 5) is 25.4. The van der Waals surface area contributed by atoms with Crippen molar-refractivity contribution in [3.63, 3.8) is 0 Å². The van der Waals surface area contributed by atoms with Crippen LogP contribution in [0.4, 0.5) is 4.39 Å². The van der Waals surface area contributed by atoms with Crippen molar-refractivity contribution in [3.8, 4) is 5.75 Å². The summed E-state index contributed by atoms with van der Waals surface area (Å²) in [6.07, 6.45) is -0.0323. The second kappa shape index (κ2) is 6.46. The Morgan fingerprint density at radius 2 is 2.18 bits per heavy atom. The van der Waals surface area contributed by atoms with Crippen LogP contribution in [0.15, 0.2) is 18.2 Å². The Labute approximate surface area is 126 Å². The number of aromatic amines is 1. The molecule has 1 heterocycles. The lowest BCUT2D eigenvalue weighted by atomic mass is 10.1. The second-order valence-electron chi connectivity index (χ2n) is 5.13. The van der Waals surface area contributed by atoms with Crippen molar-refractivity contribution in [2.75, 3.05) is 13.7 Å². The molecule has 0 aliphatic heterocycles. The van der Waals surface area contributed by atoms with E-state index in [1.54, 1.807) is 6.92 Å². The van der Waals surface area contributed by atoms with E-state index in [1.807, 2.05) is 0 Å². The van der Waals surface area contributed by atoms with Crippen molar-refractivity contribution in [1.29, 1.82) is 0 Å². The number of aromatic nitrogens is 1. The number of carbonyl (C=O) groups excluding carboxylic acids is 1. The van der Waals surface area contributed by atoms with Gasteiger partial charge in [-0.2, -0.15) is 0 Å². The lowest BCUT2D eigenvalue weighted by Crippen LogP contribution is -2.29. The number of benzene rings is 1. The Balaban J connectivity index is 2.15. The zero-order chi connectivity index (χ0) is 16.3. The summed E-state index contributed by atoms with van der Waals surface area (Å²) in [6.45, 7) is 1.95. The number of methoxy groups -OCH3 is 1. The average Bonchev–Trinajstić information content (AvgIpc) is 2.90. The van der Waals surface area contributed by atoms with Gasteiger partial charge in [0.15, 0.2) is 0 Å². The van der Waals surface area contributed by atoms with Crippen molar-refractivity contribution in [2.45, 2.75) is 13.3 Å². The van der Waals surface area contributed by atoms with E-state index in [9.17, 15) is 14.0 Å². The van der Waals surface area contributed by atoms with Gasteiger partial charge in [0.25, 0.3) is 5.91 Å². The van der Waals surface area contributed by atoms with E-state index in [0.29, 0.717) is 11.1 Å². The first-order valence-electron chi connectivity index (χ1n) is 6.77. The van der Waals surface area contributed by atoms with Crippen LogP contribution >= 0.6 is 0 Å². The third-order valence-corrected chi connectivity index (χ3v) is 3.30. The van der Waals surface area contributed by atoms with Crippen molar-refractivity contribution < 1.29 is 23.8 Å². The molecule has 22 heavy (non-hydrogen) atoms. The minimum atomic E-state index is -0.917. The maximum absolute atomic E-state index is 13.8. The van der Waals surface area contributed by atoms with Crippen molar-refractivity contribution in [3.05, 3.63) is 29.7 Å². The van der Waals surface area contributed by atoms with E-state index in [1.165, 1.54) is 25.3 Å².